The van der Waals surface area contributed by atoms with Gasteiger partial charge in [0.05, 0.1) is 6.61 Å². The molecule has 9 nitrogen and oxygen atoms in total. The molecule has 9 heteroatoms. The Balaban J connectivity index is 2.18. The molecule has 0 amide bonds. The molecule has 1 aromatic heterocycles. The first-order chi connectivity index (χ1) is 9.83. The fourth-order valence-corrected chi connectivity index (χ4v) is 2.86. The monoisotopic (exact) mass is 297 g/mol. The molecule has 0 radical (unpaired) electrons. The fraction of sp³-hybridized carbons (Fsp3) is 0.500. The average molecular weight is 297 g/mol. The van der Waals surface area contributed by atoms with Crippen LogP contribution in [0.15, 0.2) is 11.0 Å². The Morgan fingerprint density at radius 3 is 3.05 bits per heavy atom. The highest BCUT2D eigenvalue weighted by atomic mass is 16.5. The number of nitrogen functional groups attached to an aromatic ring is 1. The van der Waals surface area contributed by atoms with Crippen LogP contribution >= 0.6 is 0 Å². The average Bonchev–Trinajstić information content (AvgIpc) is 2.78. The summed E-state index contributed by atoms with van der Waals surface area (Å²) in [7, 11) is 0. The van der Waals surface area contributed by atoms with Crippen LogP contribution in [-0.2, 0) is 4.74 Å². The number of nitrogens with one attached hydrogen (secondary N) is 1. The number of nitrogens with zero attached hydrogens (tertiary/aromatic N) is 2. The van der Waals surface area contributed by atoms with Crippen molar-refractivity contribution in [2.75, 3.05) is 19.1 Å². The summed E-state index contributed by atoms with van der Waals surface area (Å²) in [5.74, 6) is 0.117. The Hall–Kier alpha value is -1.78. The van der Waals surface area contributed by atoms with Gasteiger partial charge in [-0.05, 0) is 0 Å². The molecule has 1 spiro atoms. The van der Waals surface area contributed by atoms with Crippen molar-refractivity contribution in [2.45, 2.75) is 24.9 Å². The van der Waals surface area contributed by atoms with Crippen LogP contribution in [0.4, 0.5) is 11.8 Å². The standard InChI is InChI=1S/C12H16N4O5/c1-12(20)8(18)7(4-17)21-5-16(12)3-2-6-9(16)14-11(13)15-10(6)19/h2-3,7-8,17-18,20H,4-5H2,1H3,(H2-,13,14,15,19)/p+1/t7-,8-,12-,16?/m1/s1. The lowest BCUT2D eigenvalue weighted by Crippen LogP contribution is -2.74. The number of fused-ring (bicyclic) bond motifs is 2. The number of rotatable bonds is 1. The van der Waals surface area contributed by atoms with Crippen LogP contribution in [0.1, 0.15) is 12.5 Å². The summed E-state index contributed by atoms with van der Waals surface area (Å²) in [6.07, 6.45) is 0.753. The zero-order valence-electron chi connectivity index (χ0n) is 11.4. The minimum atomic E-state index is -1.74. The number of hydrogen-bond donors (Lipinski definition) is 5. The third-order valence-electron chi connectivity index (χ3n) is 4.22. The quantitative estimate of drug-likeness (QED) is 0.380. The van der Waals surface area contributed by atoms with Gasteiger partial charge in [0.25, 0.3) is 11.4 Å². The summed E-state index contributed by atoms with van der Waals surface area (Å²) < 4.78 is 5.04. The molecule has 0 bridgehead atoms. The molecule has 3 heterocycles. The Morgan fingerprint density at radius 2 is 2.38 bits per heavy atom. The number of nitrogens with two attached hydrogens (primary N) is 1. The van der Waals surface area contributed by atoms with Crippen LogP contribution in [0.5, 0.6) is 0 Å². The van der Waals surface area contributed by atoms with Crippen molar-refractivity contribution in [3.63, 3.8) is 0 Å². The number of quaternary nitrogens is 1. The van der Waals surface area contributed by atoms with E-state index in [4.69, 9.17) is 10.5 Å². The molecular formula is C12H17N4O5+. The van der Waals surface area contributed by atoms with E-state index in [-0.39, 0.29) is 28.5 Å². The minimum absolute atomic E-state index is 0.0884. The lowest BCUT2D eigenvalue weighted by molar-refractivity contribution is -0.260. The lowest BCUT2D eigenvalue weighted by atomic mass is 9.97. The fourth-order valence-electron chi connectivity index (χ4n) is 2.86. The Kier molecular flexibility index (Phi) is 2.94. The number of aromatic nitrogens is 2. The first-order valence-corrected chi connectivity index (χ1v) is 6.44. The van der Waals surface area contributed by atoms with Crippen molar-refractivity contribution < 1.29 is 20.1 Å². The zero-order valence-corrected chi connectivity index (χ0v) is 11.4. The molecule has 0 aromatic carbocycles. The number of H-pyrrole nitrogens is 1. The number of aromatic amines is 1. The molecular weight excluding hydrogens is 280 g/mol. The van der Waals surface area contributed by atoms with Crippen molar-refractivity contribution in [2.24, 2.45) is 0 Å². The zero-order chi connectivity index (χ0) is 15.4. The van der Waals surface area contributed by atoms with E-state index in [2.05, 4.69) is 9.97 Å². The van der Waals surface area contributed by atoms with Gasteiger partial charge in [0.15, 0.2) is 12.8 Å². The summed E-state index contributed by atoms with van der Waals surface area (Å²) >= 11 is 0. The van der Waals surface area contributed by atoms with Crippen molar-refractivity contribution in [1.29, 1.82) is 0 Å². The van der Waals surface area contributed by atoms with E-state index < -0.39 is 30.1 Å². The molecule has 3 rings (SSSR count). The predicted molar refractivity (Wildman–Crippen MR) is 73.6 cm³/mol. The van der Waals surface area contributed by atoms with Gasteiger partial charge >= 0.3 is 0 Å². The molecule has 1 fully saturated rings. The molecule has 4 atom stereocenters. The van der Waals surface area contributed by atoms with Crippen LogP contribution in [0, 0.1) is 0 Å². The third kappa shape index (κ3) is 1.69. The van der Waals surface area contributed by atoms with Gasteiger partial charge in [-0.2, -0.15) is 9.47 Å². The maximum Gasteiger partial charge on any atom is 0.266 e. The second-order valence-electron chi connectivity index (χ2n) is 5.43. The van der Waals surface area contributed by atoms with Crippen LogP contribution in [0.3, 0.4) is 0 Å². The SMILES string of the molecule is C[C@@]1(O)[C@H](O)[C@@H](CO)OC[N+]12C=Cc1c2nc(N)[nH]c1=O. The normalized spacial score (nSPS) is 37.9. The van der Waals surface area contributed by atoms with E-state index in [1.54, 1.807) is 0 Å². The van der Waals surface area contributed by atoms with Crippen LogP contribution in [0.25, 0.3) is 6.08 Å². The number of aliphatic hydroxyl groups is 3. The van der Waals surface area contributed by atoms with Gasteiger partial charge in [0.2, 0.25) is 11.7 Å². The molecule has 6 N–H and O–H groups in total. The van der Waals surface area contributed by atoms with Gasteiger partial charge in [-0.25, -0.2) is 0 Å². The second-order valence-corrected chi connectivity index (χ2v) is 5.43. The maximum atomic E-state index is 11.9. The van der Waals surface area contributed by atoms with Crippen LogP contribution < -0.4 is 15.8 Å². The number of anilines is 1. The molecule has 0 saturated carbocycles. The van der Waals surface area contributed by atoms with E-state index in [0.717, 1.165) is 0 Å². The molecule has 0 aliphatic carbocycles. The van der Waals surface area contributed by atoms with E-state index in [9.17, 15) is 20.1 Å². The summed E-state index contributed by atoms with van der Waals surface area (Å²) in [4.78, 5) is 18.4. The van der Waals surface area contributed by atoms with Gasteiger partial charge in [0, 0.05) is 13.0 Å². The highest BCUT2D eigenvalue weighted by Gasteiger charge is 2.61. The van der Waals surface area contributed by atoms with Gasteiger partial charge in [0.1, 0.15) is 17.9 Å². The Morgan fingerprint density at radius 1 is 1.67 bits per heavy atom. The van der Waals surface area contributed by atoms with Crippen molar-refractivity contribution in [1.82, 2.24) is 14.5 Å². The molecule has 1 saturated heterocycles. The van der Waals surface area contributed by atoms with E-state index in [1.165, 1.54) is 19.2 Å². The first kappa shape index (κ1) is 14.2. The van der Waals surface area contributed by atoms with Crippen molar-refractivity contribution in [3.8, 4) is 0 Å². The number of hydrogen-bond acceptors (Lipinski definition) is 7. The molecule has 1 aromatic rings. The van der Waals surface area contributed by atoms with Gasteiger partial charge in [-0.15, -0.1) is 0 Å². The van der Waals surface area contributed by atoms with Crippen molar-refractivity contribution in [3.05, 3.63) is 22.1 Å². The Labute approximate surface area is 119 Å². The van der Waals surface area contributed by atoms with E-state index >= 15 is 0 Å². The smallest absolute Gasteiger partial charge is 0.266 e. The summed E-state index contributed by atoms with van der Waals surface area (Å²) in [5.41, 5.74) is 3.65. The minimum Gasteiger partial charge on any atom is -0.394 e. The van der Waals surface area contributed by atoms with E-state index in [1.807, 2.05) is 0 Å². The summed E-state index contributed by atoms with van der Waals surface area (Å²) in [5, 5.41) is 30.3. The van der Waals surface area contributed by atoms with Crippen LogP contribution in [-0.4, -0.2) is 56.6 Å². The largest absolute Gasteiger partial charge is 0.394 e. The number of aliphatic hydroxyl groups excluding tert-OH is 2. The van der Waals surface area contributed by atoms with Crippen molar-refractivity contribution >= 4 is 17.8 Å². The van der Waals surface area contributed by atoms with Gasteiger partial charge in [-0.3, -0.25) is 9.78 Å². The molecule has 2 aliphatic rings. The summed E-state index contributed by atoms with van der Waals surface area (Å²) in [6.45, 7) is 0.884. The molecule has 1 unspecified atom stereocenters. The highest BCUT2D eigenvalue weighted by Crippen LogP contribution is 2.43. The summed E-state index contributed by atoms with van der Waals surface area (Å²) in [6, 6.07) is 0. The molecule has 2 aliphatic heterocycles. The highest BCUT2D eigenvalue weighted by molar-refractivity contribution is 5.71. The van der Waals surface area contributed by atoms with Gasteiger partial charge < -0.3 is 25.8 Å². The third-order valence-corrected chi connectivity index (χ3v) is 4.22. The Bertz CT molecular complexity index is 670. The first-order valence-electron chi connectivity index (χ1n) is 6.44. The number of ether oxygens (including phenoxy) is 1. The second kappa shape index (κ2) is 4.36. The predicted octanol–water partition coefficient (Wildman–Crippen LogP) is -1.94. The maximum absolute atomic E-state index is 11.9. The topological polar surface area (TPSA) is 142 Å². The molecule has 21 heavy (non-hydrogen) atoms. The van der Waals surface area contributed by atoms with Gasteiger partial charge in [-0.1, -0.05) is 0 Å². The lowest BCUT2D eigenvalue weighted by Gasteiger charge is -2.50. The van der Waals surface area contributed by atoms with E-state index in [0.29, 0.717) is 0 Å². The molecule has 114 valence electrons. The van der Waals surface area contributed by atoms with Crippen LogP contribution in [0.2, 0.25) is 0 Å².